The average molecular weight is 1400 g/mol. The largest absolute Gasteiger partial charge is 0.394 e. The Labute approximate surface area is 536 Å². The van der Waals surface area contributed by atoms with Crippen LogP contribution in [0.25, 0.3) is 0 Å². The molecule has 0 bridgehead atoms. The molecule has 2 amide bonds. The third-order valence-electron chi connectivity index (χ3n) is 17.4. The van der Waals surface area contributed by atoms with E-state index in [-0.39, 0.29) is 0 Å². The van der Waals surface area contributed by atoms with Gasteiger partial charge in [0.15, 0.2) is 50.3 Å². The van der Waals surface area contributed by atoms with Crippen LogP contribution in [0.3, 0.4) is 0 Å². The molecule has 40 atom stereocenters. The van der Waals surface area contributed by atoms with Crippen LogP contribution in [0.2, 0.25) is 0 Å². The van der Waals surface area contributed by atoms with Crippen molar-refractivity contribution in [2.75, 3.05) is 52.9 Å². The average Bonchev–Trinajstić information content (AvgIpc) is 0.779. The van der Waals surface area contributed by atoms with Crippen LogP contribution < -0.4 is 10.6 Å². The summed E-state index contributed by atoms with van der Waals surface area (Å²) < 4.78 is 86.6. The molecule has 0 aromatic rings. The molecule has 0 aromatic carbocycles. The van der Waals surface area contributed by atoms with Crippen LogP contribution in [0.15, 0.2) is 0 Å². The first-order chi connectivity index (χ1) is 44.9. The van der Waals surface area contributed by atoms with Crippen molar-refractivity contribution < 1.29 is 203 Å². The number of ether oxygens (including phenoxy) is 15. The Bertz CT molecular complexity index is 2380. The molecule has 8 fully saturated rings. The zero-order valence-corrected chi connectivity index (χ0v) is 50.4. The number of hydrogen-bond donors (Lipinski definition) is 26. The number of hydrogen-bond acceptors (Lipinski definition) is 41. The molecular weight excluding hydrogens is 1310 g/mol. The lowest BCUT2D eigenvalue weighted by atomic mass is 9.94. The van der Waals surface area contributed by atoms with E-state index < -0.39 is 310 Å². The van der Waals surface area contributed by atoms with Crippen molar-refractivity contribution >= 4 is 11.8 Å². The summed E-state index contributed by atoms with van der Waals surface area (Å²) in [5, 5.41) is 266. The molecule has 552 valence electrons. The van der Waals surface area contributed by atoms with Gasteiger partial charge in [0.1, 0.15) is 195 Å². The van der Waals surface area contributed by atoms with Gasteiger partial charge in [-0.2, -0.15) is 0 Å². The van der Waals surface area contributed by atoms with Crippen molar-refractivity contribution in [3.05, 3.63) is 0 Å². The van der Waals surface area contributed by atoms with E-state index in [1.807, 2.05) is 0 Å². The second kappa shape index (κ2) is 33.9. The van der Waals surface area contributed by atoms with E-state index in [1.165, 1.54) is 0 Å². The first-order valence-electron chi connectivity index (χ1n) is 30.1. The maximum atomic E-state index is 12.8. The van der Waals surface area contributed by atoms with Crippen molar-refractivity contribution in [1.29, 1.82) is 0 Å². The highest BCUT2D eigenvalue weighted by molar-refractivity contribution is 5.73. The molecule has 0 unspecified atom stereocenters. The topological polar surface area (TPSA) is 682 Å². The third kappa shape index (κ3) is 17.0. The maximum Gasteiger partial charge on any atom is 0.217 e. The van der Waals surface area contributed by atoms with Crippen LogP contribution in [0.5, 0.6) is 0 Å². The molecule has 26 N–H and O–H groups in total. The number of carbonyl (C=O) groups excluding carboxylic acids is 2. The summed E-state index contributed by atoms with van der Waals surface area (Å²) in [4.78, 5) is 24.9. The summed E-state index contributed by atoms with van der Waals surface area (Å²) in [6, 6.07) is -3.49. The van der Waals surface area contributed by atoms with Gasteiger partial charge in [-0.15, -0.1) is 0 Å². The van der Waals surface area contributed by atoms with E-state index >= 15 is 0 Å². The summed E-state index contributed by atoms with van der Waals surface area (Å²) in [5.41, 5.74) is 0. The van der Waals surface area contributed by atoms with Crippen LogP contribution in [-0.4, -0.2) is 433 Å². The normalized spacial score (nSPS) is 50.8. The van der Waals surface area contributed by atoms with Gasteiger partial charge in [0.05, 0.1) is 52.9 Å². The lowest BCUT2D eigenvalue weighted by Crippen LogP contribution is -2.70. The summed E-state index contributed by atoms with van der Waals surface area (Å²) in [7, 11) is 0. The molecule has 0 spiro atoms. The monoisotopic (exact) mass is 1400 g/mol. The maximum absolute atomic E-state index is 12.8. The quantitative estimate of drug-likeness (QED) is 0.0427. The number of rotatable bonds is 24. The SMILES string of the molecule is CC(=O)N[C@@H]1[C@@H](O)[C@H](O[C@@H]2O[C@H](CO)[C@@H](O[C@@H]3O[C@H](CO[C@H]4O[C@H](CO[C@H]5O[C@H](CO)[C@@H](O)[C@H](O)[C@@H]5O)[C@@H](O)[C@H](O[C@H]5O[C@H](CO)[C@@H](O)[C@H](O)[C@@H]5O)[C@@H]4O)[C@@H](O)[C@H](O[C@H]4O[C@H](CO)[C@@H](O)[C@H](O)[C@@H]4O[C@H]4O[C@H](CO)[C@@H](O)[C@H](O)[C@@H]4O)[C@@H]3O)[C@H](O)[C@H]2NC(C)=O)[C@@H](CO)O[C@@H]1O. The van der Waals surface area contributed by atoms with Gasteiger partial charge in [-0.1, -0.05) is 0 Å². The highest BCUT2D eigenvalue weighted by Gasteiger charge is 2.59. The molecule has 8 rings (SSSR count). The summed E-state index contributed by atoms with van der Waals surface area (Å²) in [6.45, 7) is -6.26. The van der Waals surface area contributed by atoms with Crippen LogP contribution in [-0.2, 0) is 80.6 Å². The van der Waals surface area contributed by atoms with Crippen molar-refractivity contribution in [3.8, 4) is 0 Å². The van der Waals surface area contributed by atoms with Crippen LogP contribution in [0.4, 0.5) is 0 Å². The zero-order chi connectivity index (χ0) is 69.9. The van der Waals surface area contributed by atoms with Crippen LogP contribution in [0.1, 0.15) is 13.8 Å². The lowest BCUT2D eigenvalue weighted by molar-refractivity contribution is -0.399. The Morgan fingerprint density at radius 3 is 1.02 bits per heavy atom. The summed E-state index contributed by atoms with van der Waals surface area (Å²) in [6.07, 6.45) is -77.9. The second-order valence-electron chi connectivity index (χ2n) is 23.9. The summed E-state index contributed by atoms with van der Waals surface area (Å²) >= 11 is 0. The molecule has 0 aliphatic carbocycles. The highest BCUT2D eigenvalue weighted by Crippen LogP contribution is 2.38. The predicted molar refractivity (Wildman–Crippen MR) is 288 cm³/mol. The molecule has 8 aliphatic heterocycles. The van der Waals surface area contributed by atoms with E-state index in [0.717, 1.165) is 13.8 Å². The van der Waals surface area contributed by atoms with Crippen LogP contribution >= 0.6 is 0 Å². The molecule has 8 heterocycles. The fourth-order valence-electron chi connectivity index (χ4n) is 12.1. The number of carbonyl (C=O) groups is 2. The number of aliphatic hydroxyl groups is 24. The predicted octanol–water partition coefficient (Wildman–Crippen LogP) is -18.2. The fourth-order valence-corrected chi connectivity index (χ4v) is 12.1. The van der Waals surface area contributed by atoms with Crippen molar-refractivity contribution in [3.63, 3.8) is 0 Å². The van der Waals surface area contributed by atoms with Gasteiger partial charge in [-0.05, 0) is 0 Å². The highest BCUT2D eigenvalue weighted by atomic mass is 16.8. The van der Waals surface area contributed by atoms with Gasteiger partial charge < -0.3 is 204 Å². The van der Waals surface area contributed by atoms with Gasteiger partial charge in [0.2, 0.25) is 11.8 Å². The minimum atomic E-state index is -2.49. The summed E-state index contributed by atoms with van der Waals surface area (Å²) in [5.74, 6) is -1.68. The Balaban J connectivity index is 1.12. The van der Waals surface area contributed by atoms with E-state index in [4.69, 9.17) is 71.1 Å². The Kier molecular flexibility index (Phi) is 27.9. The molecule has 8 aliphatic rings. The number of nitrogens with one attached hydrogen (secondary N) is 2. The van der Waals surface area contributed by atoms with Crippen molar-refractivity contribution in [2.24, 2.45) is 0 Å². The van der Waals surface area contributed by atoms with Gasteiger partial charge >= 0.3 is 0 Å². The first kappa shape index (κ1) is 78.1. The fraction of sp³-hybridized carbons (Fsp3) is 0.962. The van der Waals surface area contributed by atoms with Crippen molar-refractivity contribution in [1.82, 2.24) is 10.6 Å². The molecule has 8 saturated heterocycles. The third-order valence-corrected chi connectivity index (χ3v) is 17.4. The van der Waals surface area contributed by atoms with E-state index in [0.29, 0.717) is 0 Å². The number of aliphatic hydroxyl groups excluding tert-OH is 24. The molecule has 0 aromatic heterocycles. The zero-order valence-electron chi connectivity index (χ0n) is 50.4. The molecule has 0 saturated carbocycles. The van der Waals surface area contributed by atoms with E-state index in [1.54, 1.807) is 0 Å². The molecular formula is C52H88N2O41. The minimum absolute atomic E-state index is 0.766. The first-order valence-corrected chi connectivity index (χ1v) is 30.1. The van der Waals surface area contributed by atoms with E-state index in [9.17, 15) is 132 Å². The number of amides is 2. The Hall–Kier alpha value is -2.62. The smallest absolute Gasteiger partial charge is 0.217 e. The van der Waals surface area contributed by atoms with Gasteiger partial charge in [-0.3, -0.25) is 9.59 Å². The molecule has 43 heteroatoms. The lowest BCUT2D eigenvalue weighted by Gasteiger charge is -2.50. The minimum Gasteiger partial charge on any atom is -0.394 e. The van der Waals surface area contributed by atoms with E-state index in [2.05, 4.69) is 10.6 Å². The van der Waals surface area contributed by atoms with Gasteiger partial charge in [-0.25, -0.2) is 0 Å². The molecule has 43 nitrogen and oxygen atoms in total. The Morgan fingerprint density at radius 1 is 0.274 bits per heavy atom. The standard InChI is InChI=1S/C52H88N2O41/c1-11(61)53-21-29(69)40(17(7-59)83-45(21)80)91-46-22(54-12(2)62)30(70)41(18(8-60)88-46)92-51-39(79)43(94-52-44(34(74)26(66)16(6-58)87-52)95-50-37(77)33(73)25(65)15(5-57)86-50)28(68)20(90-51)10-82-48-38(78)42(93-49-36(76)32(72)24(64)14(4-56)85-49)27(67)19(89-48)9-81-47-35(75)31(71)23(63)13(3-55)84-47/h13-52,55-60,63-80H,3-10H2,1-2H3,(H,53,61)(H,54,62)/t13-,14-,15-,16-,17-,18-,19-,20-,21-,22-,23-,24-,25-,26-,27-,28-,29-,30-,31+,32+,33+,34+,35+,36+,37+,38+,39+,40-,41-,42+,43+,44+,45+,46+,47+,48+,49-,50-,51+,52-/m1/s1. The van der Waals surface area contributed by atoms with Gasteiger partial charge in [0.25, 0.3) is 0 Å². The van der Waals surface area contributed by atoms with Gasteiger partial charge in [0, 0.05) is 13.8 Å². The second-order valence-corrected chi connectivity index (χ2v) is 23.9. The molecule has 0 radical (unpaired) electrons. The molecule has 95 heavy (non-hydrogen) atoms. The Morgan fingerprint density at radius 2 is 0.568 bits per heavy atom. The van der Waals surface area contributed by atoms with Crippen molar-refractivity contribution in [2.45, 2.75) is 259 Å². The van der Waals surface area contributed by atoms with Crippen LogP contribution in [0, 0.1) is 0 Å².